The highest BCUT2D eigenvalue weighted by Gasteiger charge is 2.05. The van der Waals surface area contributed by atoms with Crippen molar-refractivity contribution in [1.29, 1.82) is 0 Å². The first-order valence-electron chi connectivity index (χ1n) is 6.62. The third-order valence-corrected chi connectivity index (χ3v) is 3.92. The van der Waals surface area contributed by atoms with Gasteiger partial charge in [-0.15, -0.1) is 11.3 Å². The fraction of sp³-hybridized carbons (Fsp3) is 0.125. The van der Waals surface area contributed by atoms with E-state index in [0.717, 1.165) is 22.0 Å². The molecule has 0 aliphatic carbocycles. The average molecular weight is 299 g/mol. The van der Waals surface area contributed by atoms with Gasteiger partial charge < -0.3 is 5.32 Å². The number of rotatable bonds is 5. The van der Waals surface area contributed by atoms with E-state index in [0.29, 0.717) is 13.1 Å². The SMILES string of the molecule is Fc1ccc(-c2nc(CNCc3ccccn3)cs2)cc1. The van der Waals surface area contributed by atoms with Gasteiger partial charge in [0.2, 0.25) is 0 Å². The molecule has 2 heterocycles. The van der Waals surface area contributed by atoms with Gasteiger partial charge in [0.25, 0.3) is 0 Å². The third-order valence-electron chi connectivity index (χ3n) is 2.98. The van der Waals surface area contributed by atoms with Gasteiger partial charge in [-0.25, -0.2) is 9.37 Å². The van der Waals surface area contributed by atoms with Gasteiger partial charge in [-0.2, -0.15) is 0 Å². The van der Waals surface area contributed by atoms with Crippen molar-refractivity contribution in [2.45, 2.75) is 13.1 Å². The minimum absolute atomic E-state index is 0.229. The first-order chi connectivity index (χ1) is 10.3. The maximum atomic E-state index is 12.9. The van der Waals surface area contributed by atoms with Gasteiger partial charge in [0, 0.05) is 30.2 Å². The Morgan fingerprint density at radius 3 is 2.57 bits per heavy atom. The van der Waals surface area contributed by atoms with E-state index in [-0.39, 0.29) is 5.82 Å². The van der Waals surface area contributed by atoms with E-state index in [2.05, 4.69) is 15.3 Å². The Kier molecular flexibility index (Phi) is 4.33. The number of hydrogen-bond donors (Lipinski definition) is 1. The molecule has 0 aliphatic heterocycles. The third kappa shape index (κ3) is 3.71. The van der Waals surface area contributed by atoms with Crippen LogP contribution >= 0.6 is 11.3 Å². The predicted octanol–water partition coefficient (Wildman–Crippen LogP) is 3.63. The molecule has 0 amide bonds. The highest BCUT2D eigenvalue weighted by Crippen LogP contribution is 2.23. The Bertz CT molecular complexity index is 695. The molecule has 1 N–H and O–H groups in total. The zero-order valence-electron chi connectivity index (χ0n) is 11.3. The summed E-state index contributed by atoms with van der Waals surface area (Å²) in [6.45, 7) is 1.40. The molecule has 3 nitrogen and oxygen atoms in total. The molecular formula is C16H14FN3S. The summed E-state index contributed by atoms with van der Waals surface area (Å²) in [4.78, 5) is 8.81. The molecule has 2 aromatic heterocycles. The first kappa shape index (κ1) is 13.9. The van der Waals surface area contributed by atoms with Crippen molar-refractivity contribution in [3.05, 3.63) is 71.2 Å². The van der Waals surface area contributed by atoms with Crippen LogP contribution < -0.4 is 5.32 Å². The van der Waals surface area contributed by atoms with Crippen molar-refractivity contribution in [1.82, 2.24) is 15.3 Å². The summed E-state index contributed by atoms with van der Waals surface area (Å²) in [6.07, 6.45) is 1.78. The topological polar surface area (TPSA) is 37.8 Å². The zero-order valence-corrected chi connectivity index (χ0v) is 12.1. The molecule has 0 bridgehead atoms. The van der Waals surface area contributed by atoms with Crippen LogP contribution in [-0.2, 0) is 13.1 Å². The summed E-state index contributed by atoms with van der Waals surface area (Å²) in [6, 6.07) is 12.3. The highest BCUT2D eigenvalue weighted by molar-refractivity contribution is 7.13. The van der Waals surface area contributed by atoms with Crippen molar-refractivity contribution < 1.29 is 4.39 Å². The maximum Gasteiger partial charge on any atom is 0.123 e. The average Bonchev–Trinajstić information content (AvgIpc) is 2.98. The van der Waals surface area contributed by atoms with Crippen LogP contribution in [-0.4, -0.2) is 9.97 Å². The van der Waals surface area contributed by atoms with Crippen LogP contribution in [0.3, 0.4) is 0 Å². The molecular weight excluding hydrogens is 285 g/mol. The summed E-state index contributed by atoms with van der Waals surface area (Å²) >= 11 is 1.57. The second kappa shape index (κ2) is 6.56. The molecule has 5 heteroatoms. The van der Waals surface area contributed by atoms with Gasteiger partial charge in [-0.05, 0) is 36.4 Å². The smallest absolute Gasteiger partial charge is 0.123 e. The van der Waals surface area contributed by atoms with Crippen molar-refractivity contribution in [2.24, 2.45) is 0 Å². The van der Waals surface area contributed by atoms with E-state index in [4.69, 9.17) is 0 Å². The number of thiazole rings is 1. The lowest BCUT2D eigenvalue weighted by Crippen LogP contribution is -2.13. The fourth-order valence-corrected chi connectivity index (χ4v) is 2.76. The fourth-order valence-electron chi connectivity index (χ4n) is 1.93. The molecule has 0 saturated carbocycles. The number of pyridine rings is 1. The van der Waals surface area contributed by atoms with E-state index in [9.17, 15) is 4.39 Å². The van der Waals surface area contributed by atoms with Gasteiger partial charge in [-0.3, -0.25) is 4.98 Å². The normalized spacial score (nSPS) is 10.7. The van der Waals surface area contributed by atoms with Gasteiger partial charge in [0.15, 0.2) is 0 Å². The Labute approximate surface area is 126 Å². The molecule has 106 valence electrons. The molecule has 3 aromatic rings. The summed E-state index contributed by atoms with van der Waals surface area (Å²) in [5.74, 6) is -0.229. The lowest BCUT2D eigenvalue weighted by molar-refractivity contribution is 0.628. The predicted molar refractivity (Wildman–Crippen MR) is 82.3 cm³/mol. The van der Waals surface area contributed by atoms with Crippen molar-refractivity contribution in [3.63, 3.8) is 0 Å². The number of halogens is 1. The maximum absolute atomic E-state index is 12.9. The number of nitrogens with one attached hydrogen (secondary N) is 1. The van der Waals surface area contributed by atoms with E-state index in [1.807, 2.05) is 23.6 Å². The Morgan fingerprint density at radius 1 is 1.00 bits per heavy atom. The van der Waals surface area contributed by atoms with E-state index < -0.39 is 0 Å². The van der Waals surface area contributed by atoms with Crippen molar-refractivity contribution in [2.75, 3.05) is 0 Å². The molecule has 0 fully saturated rings. The summed E-state index contributed by atoms with van der Waals surface area (Å²) in [7, 11) is 0. The molecule has 0 aliphatic rings. The van der Waals surface area contributed by atoms with E-state index in [1.54, 1.807) is 29.7 Å². The number of nitrogens with zero attached hydrogens (tertiary/aromatic N) is 2. The van der Waals surface area contributed by atoms with Crippen molar-refractivity contribution in [3.8, 4) is 10.6 Å². The minimum Gasteiger partial charge on any atom is -0.305 e. The van der Waals surface area contributed by atoms with Gasteiger partial charge in [-0.1, -0.05) is 6.07 Å². The molecule has 0 atom stereocenters. The standard InChI is InChI=1S/C16H14FN3S/c17-13-6-4-12(5-7-13)16-20-15(11-21-16)10-18-9-14-3-1-2-8-19-14/h1-8,11,18H,9-10H2. The Morgan fingerprint density at radius 2 is 1.81 bits per heavy atom. The van der Waals surface area contributed by atoms with Crippen LogP contribution in [0.15, 0.2) is 54.0 Å². The van der Waals surface area contributed by atoms with Crippen LogP contribution in [0, 0.1) is 5.82 Å². The Hall–Kier alpha value is -2.11. The second-order valence-electron chi connectivity index (χ2n) is 4.58. The number of hydrogen-bond acceptors (Lipinski definition) is 4. The summed E-state index contributed by atoms with van der Waals surface area (Å²) in [5.41, 5.74) is 2.93. The molecule has 0 unspecified atom stereocenters. The van der Waals surface area contributed by atoms with Gasteiger partial charge in [0.05, 0.1) is 11.4 Å². The van der Waals surface area contributed by atoms with Crippen LogP contribution in [0.25, 0.3) is 10.6 Å². The van der Waals surface area contributed by atoms with Crippen LogP contribution in [0.1, 0.15) is 11.4 Å². The van der Waals surface area contributed by atoms with Crippen LogP contribution in [0.2, 0.25) is 0 Å². The first-order valence-corrected chi connectivity index (χ1v) is 7.50. The van der Waals surface area contributed by atoms with E-state index in [1.165, 1.54) is 12.1 Å². The summed E-state index contributed by atoms with van der Waals surface area (Å²) < 4.78 is 12.9. The molecule has 0 spiro atoms. The molecule has 3 rings (SSSR count). The lowest BCUT2D eigenvalue weighted by atomic mass is 10.2. The quantitative estimate of drug-likeness (QED) is 0.781. The minimum atomic E-state index is -0.229. The van der Waals surface area contributed by atoms with Gasteiger partial charge >= 0.3 is 0 Å². The second-order valence-corrected chi connectivity index (χ2v) is 5.43. The zero-order chi connectivity index (χ0) is 14.5. The highest BCUT2D eigenvalue weighted by atomic mass is 32.1. The van der Waals surface area contributed by atoms with E-state index >= 15 is 0 Å². The van der Waals surface area contributed by atoms with Crippen LogP contribution in [0.5, 0.6) is 0 Å². The molecule has 0 radical (unpaired) electrons. The molecule has 0 saturated heterocycles. The van der Waals surface area contributed by atoms with Crippen LogP contribution in [0.4, 0.5) is 4.39 Å². The monoisotopic (exact) mass is 299 g/mol. The molecule has 1 aromatic carbocycles. The van der Waals surface area contributed by atoms with Crippen molar-refractivity contribution >= 4 is 11.3 Å². The Balaban J connectivity index is 1.59. The summed E-state index contributed by atoms with van der Waals surface area (Å²) in [5, 5.41) is 6.24. The number of benzene rings is 1. The van der Waals surface area contributed by atoms with Gasteiger partial charge in [0.1, 0.15) is 10.8 Å². The lowest BCUT2D eigenvalue weighted by Gasteiger charge is -2.01. The molecule has 21 heavy (non-hydrogen) atoms. The number of aromatic nitrogens is 2. The largest absolute Gasteiger partial charge is 0.305 e.